The lowest BCUT2D eigenvalue weighted by Crippen LogP contribution is -2.32. The molecule has 78 valence electrons. The van der Waals surface area contributed by atoms with Crippen LogP contribution in [0.4, 0.5) is 5.69 Å². The van der Waals surface area contributed by atoms with Gasteiger partial charge >= 0.3 is 5.63 Å². The van der Waals surface area contributed by atoms with Gasteiger partial charge in [-0.15, -0.1) is 0 Å². The fraction of sp³-hybridized carbons (Fsp3) is 0.100. The summed E-state index contributed by atoms with van der Waals surface area (Å²) in [6, 6.07) is 9.64. The highest BCUT2D eigenvalue weighted by atomic mass is 16.5. The molecule has 0 aliphatic carbocycles. The highest BCUT2D eigenvalue weighted by molar-refractivity contribution is 5.39. The first-order valence-electron chi connectivity index (χ1n) is 4.50. The Hall–Kier alpha value is -2.01. The summed E-state index contributed by atoms with van der Waals surface area (Å²) in [6.45, 7) is 0.462. The Morgan fingerprint density at radius 1 is 1.33 bits per heavy atom. The van der Waals surface area contributed by atoms with Crippen LogP contribution in [0.2, 0.25) is 0 Å². The van der Waals surface area contributed by atoms with Crippen LogP contribution in [0.3, 0.4) is 0 Å². The zero-order chi connectivity index (χ0) is 10.7. The lowest BCUT2D eigenvalue weighted by Gasteiger charge is -2.14. The number of anilines is 1. The second-order valence-corrected chi connectivity index (χ2v) is 3.15. The largest absolute Gasteiger partial charge is 0.381 e. The monoisotopic (exact) mass is 205 g/mol. The molecule has 0 aliphatic heterocycles. The van der Waals surface area contributed by atoms with Crippen LogP contribution >= 0.6 is 0 Å². The average molecular weight is 205 g/mol. The van der Waals surface area contributed by atoms with Crippen LogP contribution < -0.4 is 16.5 Å². The van der Waals surface area contributed by atoms with Gasteiger partial charge in [-0.05, 0) is 5.56 Å². The molecular formula is C10H11N3O2. The molecule has 1 aromatic heterocycles. The summed E-state index contributed by atoms with van der Waals surface area (Å²) in [5, 5.41) is 3.70. The van der Waals surface area contributed by atoms with Gasteiger partial charge in [0.15, 0.2) is 5.69 Å². The molecule has 0 aliphatic rings. The van der Waals surface area contributed by atoms with E-state index in [1.165, 1.54) is 11.2 Å². The molecule has 0 unspecified atom stereocenters. The van der Waals surface area contributed by atoms with Crippen molar-refractivity contribution >= 4 is 5.69 Å². The molecule has 0 fully saturated rings. The number of rotatable bonds is 3. The van der Waals surface area contributed by atoms with E-state index in [4.69, 9.17) is 5.84 Å². The topological polar surface area (TPSA) is 75.3 Å². The van der Waals surface area contributed by atoms with Crippen LogP contribution in [-0.4, -0.2) is 5.16 Å². The highest BCUT2D eigenvalue weighted by Crippen LogP contribution is 2.07. The van der Waals surface area contributed by atoms with Crippen molar-refractivity contribution in [2.75, 3.05) is 5.01 Å². The molecule has 0 saturated carbocycles. The number of hydrogen-bond donors (Lipinski definition) is 2. The summed E-state index contributed by atoms with van der Waals surface area (Å²) >= 11 is 0. The van der Waals surface area contributed by atoms with Gasteiger partial charge in [0.1, 0.15) is 0 Å². The van der Waals surface area contributed by atoms with Crippen LogP contribution in [0.15, 0.2) is 45.8 Å². The number of nitrogens with zero attached hydrogens (tertiary/aromatic N) is 1. The second kappa shape index (κ2) is 4.02. The zero-order valence-corrected chi connectivity index (χ0v) is 8.01. The molecule has 1 aromatic carbocycles. The first kappa shape index (κ1) is 9.54. The summed E-state index contributed by atoms with van der Waals surface area (Å²) in [5.74, 6) is 5.73. The first-order chi connectivity index (χ1) is 7.27. The van der Waals surface area contributed by atoms with Crippen LogP contribution in [0, 0.1) is 0 Å². The summed E-state index contributed by atoms with van der Waals surface area (Å²) < 4.78 is 4.52. The molecule has 0 amide bonds. The Morgan fingerprint density at radius 3 is 2.67 bits per heavy atom. The van der Waals surface area contributed by atoms with Crippen molar-refractivity contribution in [1.29, 1.82) is 0 Å². The van der Waals surface area contributed by atoms with Crippen LogP contribution in [0.1, 0.15) is 5.56 Å². The average Bonchev–Trinajstić information content (AvgIpc) is 2.66. The highest BCUT2D eigenvalue weighted by Gasteiger charge is 2.09. The Kier molecular flexibility index (Phi) is 2.55. The minimum Gasteiger partial charge on any atom is -0.337 e. The Bertz CT molecular complexity index is 475. The lowest BCUT2D eigenvalue weighted by molar-refractivity contribution is 0.391. The van der Waals surface area contributed by atoms with E-state index >= 15 is 0 Å². The molecule has 0 spiro atoms. The van der Waals surface area contributed by atoms with E-state index in [1.54, 1.807) is 0 Å². The van der Waals surface area contributed by atoms with E-state index in [0.717, 1.165) is 5.56 Å². The third kappa shape index (κ3) is 2.08. The van der Waals surface area contributed by atoms with E-state index in [9.17, 15) is 4.79 Å². The van der Waals surface area contributed by atoms with E-state index in [0.29, 0.717) is 12.2 Å². The molecule has 5 heteroatoms. The van der Waals surface area contributed by atoms with Crippen molar-refractivity contribution in [3.05, 3.63) is 52.5 Å². The maximum Gasteiger partial charge on any atom is 0.381 e. The molecule has 0 radical (unpaired) electrons. The standard InChI is InChI=1S/C10H11N3O2/c11-13(9-6-12-15-10(9)14)7-8-4-2-1-3-5-8/h1-6,12H,7,11H2. The summed E-state index contributed by atoms with van der Waals surface area (Å²) in [5.41, 5.74) is 0.882. The number of hydrazine groups is 1. The fourth-order valence-corrected chi connectivity index (χ4v) is 1.32. The summed E-state index contributed by atoms with van der Waals surface area (Å²) in [7, 11) is 0. The van der Waals surface area contributed by atoms with Crippen molar-refractivity contribution in [1.82, 2.24) is 5.16 Å². The van der Waals surface area contributed by atoms with Crippen LogP contribution in [0.25, 0.3) is 0 Å². The SMILES string of the molecule is NN(Cc1ccccc1)c1c[nH]oc1=O. The predicted octanol–water partition coefficient (Wildman–Crippen LogP) is 0.848. The molecule has 1 heterocycles. The third-order valence-electron chi connectivity index (χ3n) is 2.06. The predicted molar refractivity (Wildman–Crippen MR) is 56.1 cm³/mol. The Morgan fingerprint density at radius 2 is 2.07 bits per heavy atom. The molecule has 0 bridgehead atoms. The van der Waals surface area contributed by atoms with Crippen LogP contribution in [-0.2, 0) is 6.54 Å². The van der Waals surface area contributed by atoms with Gasteiger partial charge in [-0.25, -0.2) is 15.8 Å². The lowest BCUT2D eigenvalue weighted by atomic mass is 10.2. The fourth-order valence-electron chi connectivity index (χ4n) is 1.32. The number of nitrogens with two attached hydrogens (primary N) is 1. The van der Waals surface area contributed by atoms with Crippen molar-refractivity contribution in [3.63, 3.8) is 0 Å². The summed E-state index contributed by atoms with van der Waals surface area (Å²) in [6.07, 6.45) is 1.44. The van der Waals surface area contributed by atoms with Gasteiger partial charge in [0.2, 0.25) is 0 Å². The number of hydrogen-bond acceptors (Lipinski definition) is 4. The van der Waals surface area contributed by atoms with Gasteiger partial charge in [-0.1, -0.05) is 30.3 Å². The molecule has 0 saturated heterocycles. The quantitative estimate of drug-likeness (QED) is 0.575. The van der Waals surface area contributed by atoms with Gasteiger partial charge < -0.3 is 4.52 Å². The minimum atomic E-state index is -0.464. The van der Waals surface area contributed by atoms with Gasteiger partial charge in [-0.2, -0.15) is 0 Å². The molecule has 2 aromatic rings. The van der Waals surface area contributed by atoms with Crippen LogP contribution in [0.5, 0.6) is 0 Å². The molecule has 2 rings (SSSR count). The maximum absolute atomic E-state index is 11.1. The van der Waals surface area contributed by atoms with Crippen molar-refractivity contribution in [2.45, 2.75) is 6.54 Å². The Balaban J connectivity index is 2.14. The smallest absolute Gasteiger partial charge is 0.337 e. The molecular weight excluding hydrogens is 194 g/mol. The minimum absolute atomic E-state index is 0.318. The van der Waals surface area contributed by atoms with Crippen molar-refractivity contribution in [3.8, 4) is 0 Å². The molecule has 0 atom stereocenters. The maximum atomic E-state index is 11.1. The van der Waals surface area contributed by atoms with E-state index in [1.807, 2.05) is 30.3 Å². The normalized spacial score (nSPS) is 10.2. The van der Waals surface area contributed by atoms with Gasteiger partial charge in [0.05, 0.1) is 12.7 Å². The molecule has 15 heavy (non-hydrogen) atoms. The van der Waals surface area contributed by atoms with Crippen molar-refractivity contribution in [2.24, 2.45) is 5.84 Å². The van der Waals surface area contributed by atoms with Crippen molar-refractivity contribution < 1.29 is 4.52 Å². The van der Waals surface area contributed by atoms with Gasteiger partial charge in [0, 0.05) is 0 Å². The number of aromatic nitrogens is 1. The third-order valence-corrected chi connectivity index (χ3v) is 2.06. The zero-order valence-electron chi connectivity index (χ0n) is 8.01. The summed E-state index contributed by atoms with van der Waals surface area (Å²) in [4.78, 5) is 11.1. The van der Waals surface area contributed by atoms with E-state index in [-0.39, 0.29) is 0 Å². The Labute approximate surface area is 86.1 Å². The molecule has 5 nitrogen and oxygen atoms in total. The first-order valence-corrected chi connectivity index (χ1v) is 4.50. The second-order valence-electron chi connectivity index (χ2n) is 3.15. The van der Waals surface area contributed by atoms with E-state index in [2.05, 4.69) is 9.68 Å². The number of nitrogens with one attached hydrogen (secondary N) is 1. The van der Waals surface area contributed by atoms with Gasteiger partial charge in [0.25, 0.3) is 0 Å². The number of benzene rings is 1. The number of aromatic amines is 1. The van der Waals surface area contributed by atoms with E-state index < -0.39 is 5.63 Å². The van der Waals surface area contributed by atoms with Gasteiger partial charge in [-0.3, -0.25) is 5.01 Å². The molecule has 3 N–H and O–H groups in total. The number of H-pyrrole nitrogens is 1.